The van der Waals surface area contributed by atoms with Gasteiger partial charge in [0.15, 0.2) is 0 Å². The van der Waals surface area contributed by atoms with Crippen LogP contribution in [0.15, 0.2) is 30.6 Å². The fourth-order valence-corrected chi connectivity index (χ4v) is 1.64. The van der Waals surface area contributed by atoms with Gasteiger partial charge in [0, 0.05) is 12.1 Å². The molecule has 0 bridgehead atoms. The standard InChI is InChI=1S/C13H14FN3O/c1-3-16-13-8-15-7-11(17-13)10-6-9(14)4-5-12(10)18-2/h4-8H,3H2,1-2H3,(H,16,17). The van der Waals surface area contributed by atoms with Crippen LogP contribution in [0.3, 0.4) is 0 Å². The van der Waals surface area contributed by atoms with E-state index in [1.807, 2.05) is 6.92 Å². The number of hydrogen-bond donors (Lipinski definition) is 1. The first kappa shape index (κ1) is 12.3. The Morgan fingerprint density at radius 2 is 2.17 bits per heavy atom. The average Bonchev–Trinajstić information content (AvgIpc) is 2.39. The highest BCUT2D eigenvalue weighted by Crippen LogP contribution is 2.29. The lowest BCUT2D eigenvalue weighted by Gasteiger charge is -2.09. The number of benzene rings is 1. The van der Waals surface area contributed by atoms with Gasteiger partial charge in [-0.3, -0.25) is 4.98 Å². The van der Waals surface area contributed by atoms with E-state index in [-0.39, 0.29) is 5.82 Å². The first-order valence-electron chi connectivity index (χ1n) is 5.64. The van der Waals surface area contributed by atoms with E-state index in [1.54, 1.807) is 18.5 Å². The molecule has 2 rings (SSSR count). The highest BCUT2D eigenvalue weighted by atomic mass is 19.1. The molecule has 0 aliphatic carbocycles. The van der Waals surface area contributed by atoms with Crippen molar-refractivity contribution in [3.8, 4) is 17.0 Å². The van der Waals surface area contributed by atoms with Crippen molar-refractivity contribution in [2.45, 2.75) is 6.92 Å². The lowest BCUT2D eigenvalue weighted by molar-refractivity contribution is 0.415. The van der Waals surface area contributed by atoms with Gasteiger partial charge in [0.25, 0.3) is 0 Å². The second-order valence-corrected chi connectivity index (χ2v) is 3.66. The molecule has 2 aromatic rings. The summed E-state index contributed by atoms with van der Waals surface area (Å²) in [5.41, 5.74) is 1.16. The van der Waals surface area contributed by atoms with Crippen LogP contribution >= 0.6 is 0 Å². The molecular formula is C13H14FN3O. The third-order valence-electron chi connectivity index (χ3n) is 2.43. The van der Waals surface area contributed by atoms with Crippen LogP contribution in [-0.2, 0) is 0 Å². The summed E-state index contributed by atoms with van der Waals surface area (Å²) in [4.78, 5) is 8.44. The number of halogens is 1. The Hall–Kier alpha value is -2.17. The number of rotatable bonds is 4. The van der Waals surface area contributed by atoms with Crippen LogP contribution in [0, 0.1) is 5.82 Å². The van der Waals surface area contributed by atoms with E-state index in [2.05, 4.69) is 15.3 Å². The minimum absolute atomic E-state index is 0.332. The zero-order valence-corrected chi connectivity index (χ0v) is 10.3. The summed E-state index contributed by atoms with van der Waals surface area (Å²) in [5.74, 6) is 0.891. The van der Waals surface area contributed by atoms with E-state index in [4.69, 9.17) is 4.74 Å². The number of aromatic nitrogens is 2. The lowest BCUT2D eigenvalue weighted by atomic mass is 10.1. The molecule has 94 valence electrons. The molecule has 18 heavy (non-hydrogen) atoms. The highest BCUT2D eigenvalue weighted by Gasteiger charge is 2.09. The molecule has 1 aromatic carbocycles. The van der Waals surface area contributed by atoms with Gasteiger partial charge in [0.05, 0.1) is 25.2 Å². The number of nitrogens with zero attached hydrogens (tertiary/aromatic N) is 2. The van der Waals surface area contributed by atoms with Crippen LogP contribution in [0.4, 0.5) is 10.2 Å². The van der Waals surface area contributed by atoms with Crippen LogP contribution in [-0.4, -0.2) is 23.6 Å². The molecule has 1 aromatic heterocycles. The normalized spacial score (nSPS) is 10.2. The first-order chi connectivity index (χ1) is 8.74. The van der Waals surface area contributed by atoms with Crippen molar-refractivity contribution >= 4 is 5.82 Å². The van der Waals surface area contributed by atoms with Gasteiger partial charge < -0.3 is 10.1 Å². The maximum atomic E-state index is 13.3. The molecule has 4 nitrogen and oxygen atoms in total. The molecule has 1 N–H and O–H groups in total. The molecule has 0 saturated carbocycles. The Balaban J connectivity index is 2.47. The third kappa shape index (κ3) is 2.56. The van der Waals surface area contributed by atoms with Gasteiger partial charge in [0.1, 0.15) is 17.4 Å². The number of hydrogen-bond acceptors (Lipinski definition) is 4. The van der Waals surface area contributed by atoms with Gasteiger partial charge in [-0.1, -0.05) is 0 Å². The summed E-state index contributed by atoms with van der Waals surface area (Å²) in [6.07, 6.45) is 3.21. The van der Waals surface area contributed by atoms with Crippen LogP contribution in [0.1, 0.15) is 6.92 Å². The Bertz CT molecular complexity index is 546. The Labute approximate surface area is 105 Å². The Kier molecular flexibility index (Phi) is 3.72. The smallest absolute Gasteiger partial charge is 0.145 e. The molecule has 0 aliphatic heterocycles. The van der Waals surface area contributed by atoms with Gasteiger partial charge in [0.2, 0.25) is 0 Å². The fraction of sp³-hybridized carbons (Fsp3) is 0.231. The van der Waals surface area contributed by atoms with E-state index in [0.29, 0.717) is 22.8 Å². The zero-order valence-electron chi connectivity index (χ0n) is 10.3. The van der Waals surface area contributed by atoms with Gasteiger partial charge >= 0.3 is 0 Å². The molecule has 0 fully saturated rings. The molecule has 0 radical (unpaired) electrons. The quantitative estimate of drug-likeness (QED) is 0.902. The minimum Gasteiger partial charge on any atom is -0.496 e. The number of methoxy groups -OCH3 is 1. The van der Waals surface area contributed by atoms with Crippen molar-refractivity contribution in [1.82, 2.24) is 9.97 Å². The Morgan fingerprint density at radius 1 is 1.33 bits per heavy atom. The van der Waals surface area contributed by atoms with Crippen molar-refractivity contribution in [1.29, 1.82) is 0 Å². The maximum Gasteiger partial charge on any atom is 0.145 e. The van der Waals surface area contributed by atoms with E-state index in [9.17, 15) is 4.39 Å². The molecule has 0 unspecified atom stereocenters. The van der Waals surface area contributed by atoms with E-state index in [0.717, 1.165) is 6.54 Å². The number of nitrogens with one attached hydrogen (secondary N) is 1. The minimum atomic E-state index is -0.332. The molecule has 0 atom stereocenters. The fourth-order valence-electron chi connectivity index (χ4n) is 1.64. The summed E-state index contributed by atoms with van der Waals surface area (Å²) in [6, 6.07) is 4.31. The average molecular weight is 247 g/mol. The van der Waals surface area contributed by atoms with E-state index < -0.39 is 0 Å². The van der Waals surface area contributed by atoms with Crippen molar-refractivity contribution in [2.75, 3.05) is 19.0 Å². The molecule has 5 heteroatoms. The topological polar surface area (TPSA) is 47.0 Å². The summed E-state index contributed by atoms with van der Waals surface area (Å²) in [5, 5.41) is 3.06. The summed E-state index contributed by atoms with van der Waals surface area (Å²) in [6.45, 7) is 2.72. The predicted molar refractivity (Wildman–Crippen MR) is 68.1 cm³/mol. The Morgan fingerprint density at radius 3 is 2.89 bits per heavy atom. The van der Waals surface area contributed by atoms with Crippen LogP contribution in [0.25, 0.3) is 11.3 Å². The summed E-state index contributed by atoms with van der Waals surface area (Å²) in [7, 11) is 1.54. The van der Waals surface area contributed by atoms with Crippen molar-refractivity contribution in [3.05, 3.63) is 36.4 Å². The third-order valence-corrected chi connectivity index (χ3v) is 2.43. The van der Waals surface area contributed by atoms with Gasteiger partial charge in [-0.05, 0) is 25.1 Å². The lowest BCUT2D eigenvalue weighted by Crippen LogP contribution is -2.01. The van der Waals surface area contributed by atoms with Crippen molar-refractivity contribution in [3.63, 3.8) is 0 Å². The molecule has 0 spiro atoms. The second kappa shape index (κ2) is 5.44. The molecule has 0 aliphatic rings. The monoisotopic (exact) mass is 247 g/mol. The van der Waals surface area contributed by atoms with Crippen molar-refractivity contribution in [2.24, 2.45) is 0 Å². The zero-order chi connectivity index (χ0) is 13.0. The summed E-state index contributed by atoms with van der Waals surface area (Å²) < 4.78 is 18.5. The largest absolute Gasteiger partial charge is 0.496 e. The molecular weight excluding hydrogens is 233 g/mol. The van der Waals surface area contributed by atoms with Gasteiger partial charge in [-0.15, -0.1) is 0 Å². The van der Waals surface area contributed by atoms with Crippen LogP contribution in [0.5, 0.6) is 5.75 Å². The summed E-state index contributed by atoms with van der Waals surface area (Å²) >= 11 is 0. The van der Waals surface area contributed by atoms with E-state index >= 15 is 0 Å². The van der Waals surface area contributed by atoms with Crippen LogP contribution < -0.4 is 10.1 Å². The van der Waals surface area contributed by atoms with Gasteiger partial charge in [-0.25, -0.2) is 9.37 Å². The first-order valence-corrected chi connectivity index (χ1v) is 5.64. The number of ether oxygens (including phenoxy) is 1. The van der Waals surface area contributed by atoms with Crippen LogP contribution in [0.2, 0.25) is 0 Å². The maximum absolute atomic E-state index is 13.3. The second-order valence-electron chi connectivity index (χ2n) is 3.66. The predicted octanol–water partition coefficient (Wildman–Crippen LogP) is 2.72. The van der Waals surface area contributed by atoms with Gasteiger partial charge in [-0.2, -0.15) is 0 Å². The number of anilines is 1. The molecule has 1 heterocycles. The highest BCUT2D eigenvalue weighted by molar-refractivity contribution is 5.67. The SMILES string of the molecule is CCNc1cncc(-c2cc(F)ccc2OC)n1. The molecule has 0 saturated heterocycles. The molecule has 0 amide bonds. The van der Waals surface area contributed by atoms with Crippen molar-refractivity contribution < 1.29 is 9.13 Å². The van der Waals surface area contributed by atoms with E-state index in [1.165, 1.54) is 19.2 Å².